The Bertz CT molecular complexity index is 693. The Hall–Kier alpha value is -1.55. The molecule has 3 aliphatic rings. The van der Waals surface area contributed by atoms with Gasteiger partial charge >= 0.3 is 0 Å². The fourth-order valence-electron chi connectivity index (χ4n) is 5.88. The van der Waals surface area contributed by atoms with Crippen LogP contribution in [0.1, 0.15) is 57.4 Å². The molecule has 0 bridgehead atoms. The highest BCUT2D eigenvalue weighted by Gasteiger charge is 2.42. The summed E-state index contributed by atoms with van der Waals surface area (Å²) in [4.78, 5) is 7.57. The predicted molar refractivity (Wildman–Crippen MR) is 118 cm³/mol. The molecule has 1 aliphatic carbocycles. The molecule has 1 aromatic rings. The molecule has 0 aromatic heterocycles. The zero-order valence-corrected chi connectivity index (χ0v) is 18.4. The van der Waals surface area contributed by atoms with E-state index in [4.69, 9.17) is 0 Å². The molecule has 3 fully saturated rings. The van der Waals surface area contributed by atoms with Crippen LogP contribution in [0.4, 0.5) is 4.39 Å². The van der Waals surface area contributed by atoms with Crippen molar-refractivity contribution in [1.29, 1.82) is 0 Å². The van der Waals surface area contributed by atoms with Crippen molar-refractivity contribution < 1.29 is 4.39 Å². The summed E-state index contributed by atoms with van der Waals surface area (Å²) in [5.74, 6) is 1.92. The summed E-state index contributed by atoms with van der Waals surface area (Å²) in [5, 5.41) is 0. The minimum Gasteiger partial charge on any atom is -0.359 e. The highest BCUT2D eigenvalue weighted by molar-refractivity contribution is 5.16. The summed E-state index contributed by atoms with van der Waals surface area (Å²) in [5.41, 5.74) is 1.73. The molecule has 1 aromatic carbocycles. The normalized spacial score (nSPS) is 27.0. The van der Waals surface area contributed by atoms with Gasteiger partial charge in [-0.25, -0.2) is 4.39 Å². The molecular formula is C25H38FN3. The average Bonchev–Trinajstić information content (AvgIpc) is 3.13. The Morgan fingerprint density at radius 2 is 1.83 bits per heavy atom. The summed E-state index contributed by atoms with van der Waals surface area (Å²) in [6.45, 7) is 12.4. The maximum Gasteiger partial charge on any atom is 0.123 e. The van der Waals surface area contributed by atoms with Gasteiger partial charge in [0.15, 0.2) is 0 Å². The SMILES string of the molecule is C=C(N1CCC2(CCC(N(C)Cc3ccc(F)cc3)C2)CC1)N1CCCC(C)C1. The lowest BCUT2D eigenvalue weighted by Crippen LogP contribution is -2.45. The first-order valence-electron chi connectivity index (χ1n) is 11.6. The van der Waals surface area contributed by atoms with E-state index in [1.54, 1.807) is 12.1 Å². The van der Waals surface area contributed by atoms with Crippen molar-refractivity contribution in [3.63, 3.8) is 0 Å². The van der Waals surface area contributed by atoms with Crippen LogP contribution in [0.25, 0.3) is 0 Å². The van der Waals surface area contributed by atoms with Crippen molar-refractivity contribution in [2.75, 3.05) is 33.2 Å². The molecule has 0 radical (unpaired) electrons. The maximum atomic E-state index is 13.2. The van der Waals surface area contributed by atoms with E-state index in [0.29, 0.717) is 11.5 Å². The molecule has 4 heteroatoms. The van der Waals surface area contributed by atoms with Crippen LogP contribution in [0.5, 0.6) is 0 Å². The fourth-order valence-corrected chi connectivity index (χ4v) is 5.88. The molecule has 2 unspecified atom stereocenters. The highest BCUT2D eigenvalue weighted by atomic mass is 19.1. The van der Waals surface area contributed by atoms with Crippen LogP contribution in [0.2, 0.25) is 0 Å². The molecule has 2 saturated heterocycles. The first kappa shape index (κ1) is 20.7. The number of rotatable bonds is 5. The van der Waals surface area contributed by atoms with E-state index in [1.165, 1.54) is 69.4 Å². The molecule has 3 nitrogen and oxygen atoms in total. The highest BCUT2D eigenvalue weighted by Crippen LogP contribution is 2.48. The van der Waals surface area contributed by atoms with Crippen molar-refractivity contribution in [2.45, 2.75) is 64.5 Å². The van der Waals surface area contributed by atoms with Gasteiger partial charge in [0, 0.05) is 38.8 Å². The molecule has 2 atom stereocenters. The van der Waals surface area contributed by atoms with Gasteiger partial charge in [0.05, 0.1) is 5.82 Å². The van der Waals surface area contributed by atoms with Gasteiger partial charge in [-0.3, -0.25) is 4.90 Å². The predicted octanol–water partition coefficient (Wildman–Crippen LogP) is 5.10. The van der Waals surface area contributed by atoms with Gasteiger partial charge in [-0.1, -0.05) is 25.6 Å². The lowest BCUT2D eigenvalue weighted by molar-refractivity contribution is 0.0834. The summed E-state index contributed by atoms with van der Waals surface area (Å²) in [7, 11) is 2.24. The molecule has 2 heterocycles. The van der Waals surface area contributed by atoms with Crippen LogP contribution in [0, 0.1) is 17.2 Å². The Morgan fingerprint density at radius 3 is 2.52 bits per heavy atom. The second kappa shape index (κ2) is 8.67. The third-order valence-corrected chi connectivity index (χ3v) is 7.86. The topological polar surface area (TPSA) is 9.72 Å². The van der Waals surface area contributed by atoms with Crippen molar-refractivity contribution in [1.82, 2.24) is 14.7 Å². The number of piperidine rings is 2. The Labute approximate surface area is 176 Å². The first-order chi connectivity index (χ1) is 13.9. The van der Waals surface area contributed by atoms with E-state index in [2.05, 4.69) is 35.3 Å². The molecule has 1 spiro atoms. The molecule has 0 amide bonds. The molecule has 1 saturated carbocycles. The van der Waals surface area contributed by atoms with Gasteiger partial charge in [0.2, 0.25) is 0 Å². The average molecular weight is 400 g/mol. The zero-order chi connectivity index (χ0) is 20.4. The van der Waals surface area contributed by atoms with E-state index in [9.17, 15) is 4.39 Å². The van der Waals surface area contributed by atoms with Crippen LogP contribution in [-0.4, -0.2) is 54.0 Å². The summed E-state index contributed by atoms with van der Waals surface area (Å²) in [6, 6.07) is 7.64. The molecule has 2 aliphatic heterocycles. The molecule has 0 N–H and O–H groups in total. The van der Waals surface area contributed by atoms with Gasteiger partial charge in [-0.2, -0.15) is 0 Å². The summed E-state index contributed by atoms with van der Waals surface area (Å²) >= 11 is 0. The molecule has 29 heavy (non-hydrogen) atoms. The monoisotopic (exact) mass is 399 g/mol. The molecule has 160 valence electrons. The zero-order valence-electron chi connectivity index (χ0n) is 18.4. The second-order valence-electron chi connectivity index (χ2n) is 10.0. The Balaban J connectivity index is 1.28. The van der Waals surface area contributed by atoms with Gasteiger partial charge in [-0.15, -0.1) is 0 Å². The number of hydrogen-bond acceptors (Lipinski definition) is 3. The number of halogens is 1. The van der Waals surface area contributed by atoms with E-state index in [0.717, 1.165) is 25.6 Å². The van der Waals surface area contributed by atoms with E-state index < -0.39 is 0 Å². The van der Waals surface area contributed by atoms with E-state index in [1.807, 2.05) is 12.1 Å². The second-order valence-corrected chi connectivity index (χ2v) is 10.0. The summed E-state index contributed by atoms with van der Waals surface area (Å²) in [6.07, 6.45) is 9.23. The Morgan fingerprint density at radius 1 is 1.10 bits per heavy atom. The number of benzene rings is 1. The largest absolute Gasteiger partial charge is 0.359 e. The van der Waals surface area contributed by atoms with Crippen LogP contribution in [0.3, 0.4) is 0 Å². The lowest BCUT2D eigenvalue weighted by Gasteiger charge is -2.45. The van der Waals surface area contributed by atoms with E-state index in [-0.39, 0.29) is 5.82 Å². The number of likely N-dealkylation sites (tertiary alicyclic amines) is 2. The van der Waals surface area contributed by atoms with Crippen molar-refractivity contribution in [3.05, 3.63) is 48.0 Å². The van der Waals surface area contributed by atoms with Gasteiger partial charge in [-0.05, 0) is 81.0 Å². The van der Waals surface area contributed by atoms with Gasteiger partial charge in [0.1, 0.15) is 5.82 Å². The minimum atomic E-state index is -0.149. The van der Waals surface area contributed by atoms with Crippen LogP contribution in [-0.2, 0) is 6.54 Å². The van der Waals surface area contributed by atoms with Gasteiger partial charge < -0.3 is 9.80 Å². The molecule has 4 rings (SSSR count). The number of nitrogens with zero attached hydrogens (tertiary/aromatic N) is 3. The third-order valence-electron chi connectivity index (χ3n) is 7.86. The quantitative estimate of drug-likeness (QED) is 0.682. The van der Waals surface area contributed by atoms with Crippen molar-refractivity contribution in [3.8, 4) is 0 Å². The standard InChI is InChI=1S/C25H38FN3/c1-20-5-4-14-29(18-20)21(2)28-15-12-25(13-16-28)11-10-24(17-25)27(3)19-22-6-8-23(26)9-7-22/h6-9,20,24H,2,4-5,10-19H2,1,3H3. The van der Waals surface area contributed by atoms with Crippen LogP contribution in [0.15, 0.2) is 36.7 Å². The maximum absolute atomic E-state index is 13.2. The van der Waals surface area contributed by atoms with Crippen molar-refractivity contribution in [2.24, 2.45) is 11.3 Å². The number of hydrogen-bond donors (Lipinski definition) is 0. The molecular weight excluding hydrogens is 361 g/mol. The van der Waals surface area contributed by atoms with Crippen LogP contribution < -0.4 is 0 Å². The van der Waals surface area contributed by atoms with Gasteiger partial charge in [0.25, 0.3) is 0 Å². The van der Waals surface area contributed by atoms with E-state index >= 15 is 0 Å². The van der Waals surface area contributed by atoms with Crippen molar-refractivity contribution >= 4 is 0 Å². The summed E-state index contributed by atoms with van der Waals surface area (Å²) < 4.78 is 13.2. The Kier molecular flexibility index (Phi) is 6.19. The van der Waals surface area contributed by atoms with Crippen LogP contribution >= 0.6 is 0 Å². The third kappa shape index (κ3) is 4.79. The lowest BCUT2D eigenvalue weighted by atomic mass is 9.76. The first-order valence-corrected chi connectivity index (χ1v) is 11.6. The fraction of sp³-hybridized carbons (Fsp3) is 0.680. The smallest absolute Gasteiger partial charge is 0.123 e. The minimum absolute atomic E-state index is 0.149.